The number of nitrogens with zero attached hydrogens (tertiary/aromatic N) is 1. The lowest BCUT2D eigenvalue weighted by Crippen LogP contribution is -2.39. The van der Waals surface area contributed by atoms with E-state index in [2.05, 4.69) is 17.4 Å². The molecule has 1 fully saturated rings. The number of hydrogen-bond acceptors (Lipinski definition) is 3. The van der Waals surface area contributed by atoms with E-state index in [0.717, 1.165) is 19.3 Å². The molecule has 2 amide bonds. The molecule has 2 heterocycles. The largest absolute Gasteiger partial charge is 0.478 e. The highest BCUT2D eigenvalue weighted by Gasteiger charge is 2.27. The number of carbonyl (C=O) groups is 2. The average molecular weight is 368 g/mol. The number of rotatable bonds is 3. The van der Waals surface area contributed by atoms with Crippen LogP contribution in [-0.4, -0.2) is 36.4 Å². The standard InChI is InChI=1S/C21H21FN2O3/c22-17-11-16(12-18-20(17)27-13-19(25)23-18)21(26)24-8-6-15(7-9-24)10-14-4-2-1-3-5-14/h1-5,11-12,15H,6-10,13H2,(H,23,25). The van der Waals surface area contributed by atoms with Gasteiger partial charge in [-0.1, -0.05) is 30.3 Å². The third-order valence-corrected chi connectivity index (χ3v) is 5.18. The van der Waals surface area contributed by atoms with Crippen molar-refractivity contribution < 1.29 is 18.7 Å². The van der Waals surface area contributed by atoms with Crippen molar-refractivity contribution in [3.63, 3.8) is 0 Å². The number of likely N-dealkylation sites (tertiary alicyclic amines) is 1. The van der Waals surface area contributed by atoms with Gasteiger partial charge in [0.1, 0.15) is 0 Å². The van der Waals surface area contributed by atoms with Crippen LogP contribution in [0, 0.1) is 11.7 Å². The minimum Gasteiger partial charge on any atom is -0.478 e. The fourth-order valence-corrected chi connectivity index (χ4v) is 3.75. The van der Waals surface area contributed by atoms with E-state index in [4.69, 9.17) is 4.74 Å². The maximum atomic E-state index is 14.2. The number of piperidine rings is 1. The monoisotopic (exact) mass is 368 g/mol. The van der Waals surface area contributed by atoms with Crippen LogP contribution in [0.1, 0.15) is 28.8 Å². The van der Waals surface area contributed by atoms with Crippen LogP contribution in [0.3, 0.4) is 0 Å². The van der Waals surface area contributed by atoms with Gasteiger partial charge in [-0.2, -0.15) is 0 Å². The van der Waals surface area contributed by atoms with Gasteiger partial charge in [-0.15, -0.1) is 0 Å². The Balaban J connectivity index is 1.41. The lowest BCUT2D eigenvalue weighted by atomic mass is 9.90. The van der Waals surface area contributed by atoms with Gasteiger partial charge in [0.25, 0.3) is 11.8 Å². The number of ether oxygens (including phenoxy) is 1. The maximum Gasteiger partial charge on any atom is 0.262 e. The van der Waals surface area contributed by atoms with E-state index in [0.29, 0.717) is 19.0 Å². The molecule has 0 spiro atoms. The number of halogens is 1. The fourth-order valence-electron chi connectivity index (χ4n) is 3.75. The lowest BCUT2D eigenvalue weighted by molar-refractivity contribution is -0.118. The summed E-state index contributed by atoms with van der Waals surface area (Å²) in [6.45, 7) is 1.09. The SMILES string of the molecule is O=C1COc2c(F)cc(C(=O)N3CCC(Cc4ccccc4)CC3)cc2N1. The second-order valence-electron chi connectivity index (χ2n) is 7.10. The molecule has 2 aliphatic rings. The van der Waals surface area contributed by atoms with Gasteiger partial charge >= 0.3 is 0 Å². The van der Waals surface area contributed by atoms with E-state index in [1.54, 1.807) is 4.90 Å². The predicted octanol–water partition coefficient (Wildman–Crippen LogP) is 3.25. The molecule has 0 saturated carbocycles. The molecule has 0 radical (unpaired) electrons. The van der Waals surface area contributed by atoms with E-state index < -0.39 is 5.82 Å². The minimum atomic E-state index is -0.630. The van der Waals surface area contributed by atoms with Crippen LogP contribution in [0.5, 0.6) is 5.75 Å². The van der Waals surface area contributed by atoms with Crippen molar-refractivity contribution in [2.45, 2.75) is 19.3 Å². The van der Waals surface area contributed by atoms with Crippen LogP contribution >= 0.6 is 0 Å². The summed E-state index contributed by atoms with van der Waals surface area (Å²) in [4.78, 5) is 26.0. The summed E-state index contributed by atoms with van der Waals surface area (Å²) >= 11 is 0. The molecule has 0 unspecified atom stereocenters. The van der Waals surface area contributed by atoms with Crippen molar-refractivity contribution in [3.05, 3.63) is 59.4 Å². The maximum absolute atomic E-state index is 14.2. The summed E-state index contributed by atoms with van der Waals surface area (Å²) in [5.74, 6) is -0.658. The summed E-state index contributed by atoms with van der Waals surface area (Å²) in [5.41, 5.74) is 1.77. The lowest BCUT2D eigenvalue weighted by Gasteiger charge is -2.32. The van der Waals surface area contributed by atoms with Gasteiger partial charge in [0.15, 0.2) is 18.2 Å². The van der Waals surface area contributed by atoms with Crippen molar-refractivity contribution in [3.8, 4) is 5.75 Å². The van der Waals surface area contributed by atoms with Crippen LogP contribution in [0.2, 0.25) is 0 Å². The molecule has 0 aliphatic carbocycles. The molecule has 5 nitrogen and oxygen atoms in total. The third kappa shape index (κ3) is 3.79. The van der Waals surface area contributed by atoms with Crippen molar-refractivity contribution in [2.75, 3.05) is 25.0 Å². The van der Waals surface area contributed by atoms with E-state index >= 15 is 0 Å². The summed E-state index contributed by atoms with van der Waals surface area (Å²) in [6, 6.07) is 13.0. The van der Waals surface area contributed by atoms with Crippen LogP contribution in [0.4, 0.5) is 10.1 Å². The number of carbonyl (C=O) groups excluding carboxylic acids is 2. The Morgan fingerprint density at radius 3 is 2.67 bits per heavy atom. The highest BCUT2D eigenvalue weighted by Crippen LogP contribution is 2.33. The number of hydrogen-bond donors (Lipinski definition) is 1. The molecule has 4 rings (SSSR count). The molecule has 0 bridgehead atoms. The zero-order valence-corrected chi connectivity index (χ0v) is 14.9. The molecule has 2 aromatic carbocycles. The molecule has 0 aromatic heterocycles. The van der Waals surface area contributed by atoms with Crippen LogP contribution < -0.4 is 10.1 Å². The zero-order chi connectivity index (χ0) is 18.8. The summed E-state index contributed by atoms with van der Waals surface area (Å²) < 4.78 is 19.3. The molecule has 1 saturated heterocycles. The zero-order valence-electron chi connectivity index (χ0n) is 14.9. The molecule has 0 atom stereocenters. The number of anilines is 1. The normalized spacial score (nSPS) is 17.1. The highest BCUT2D eigenvalue weighted by atomic mass is 19.1. The first-order valence-electron chi connectivity index (χ1n) is 9.19. The molecule has 2 aromatic rings. The second kappa shape index (κ2) is 7.39. The van der Waals surface area contributed by atoms with Gasteiger partial charge in [0.2, 0.25) is 0 Å². The van der Waals surface area contributed by atoms with Gasteiger partial charge in [0, 0.05) is 18.7 Å². The number of benzene rings is 2. The Hall–Kier alpha value is -2.89. The summed E-state index contributed by atoms with van der Waals surface area (Å²) in [7, 11) is 0. The van der Waals surface area contributed by atoms with Gasteiger partial charge < -0.3 is 15.0 Å². The van der Waals surface area contributed by atoms with Crippen LogP contribution in [0.15, 0.2) is 42.5 Å². The van der Waals surface area contributed by atoms with E-state index in [9.17, 15) is 14.0 Å². The Morgan fingerprint density at radius 2 is 1.93 bits per heavy atom. The predicted molar refractivity (Wildman–Crippen MR) is 99.3 cm³/mol. The smallest absolute Gasteiger partial charge is 0.262 e. The van der Waals surface area contributed by atoms with E-state index in [1.165, 1.54) is 17.7 Å². The average Bonchev–Trinajstić information content (AvgIpc) is 2.68. The first-order chi connectivity index (χ1) is 13.1. The van der Waals surface area contributed by atoms with E-state index in [-0.39, 0.29) is 35.4 Å². The summed E-state index contributed by atoms with van der Waals surface area (Å²) in [5, 5.41) is 2.56. The minimum absolute atomic E-state index is 0.00674. The van der Waals surface area contributed by atoms with Crippen molar-refractivity contribution in [1.29, 1.82) is 0 Å². The molecule has 2 aliphatic heterocycles. The fraction of sp³-hybridized carbons (Fsp3) is 0.333. The summed E-state index contributed by atoms with van der Waals surface area (Å²) in [6.07, 6.45) is 2.86. The Labute approximate surface area is 157 Å². The Kier molecular flexibility index (Phi) is 4.79. The van der Waals surface area contributed by atoms with Crippen LogP contribution in [0.25, 0.3) is 0 Å². The Morgan fingerprint density at radius 1 is 1.19 bits per heavy atom. The van der Waals surface area contributed by atoms with Crippen molar-refractivity contribution in [1.82, 2.24) is 4.90 Å². The number of nitrogens with one attached hydrogen (secondary N) is 1. The van der Waals surface area contributed by atoms with Crippen LogP contribution in [-0.2, 0) is 11.2 Å². The van der Waals surface area contributed by atoms with Crippen molar-refractivity contribution in [2.24, 2.45) is 5.92 Å². The van der Waals surface area contributed by atoms with Gasteiger partial charge in [0.05, 0.1) is 5.69 Å². The Bertz CT molecular complexity index is 861. The number of amides is 2. The third-order valence-electron chi connectivity index (χ3n) is 5.18. The van der Waals surface area contributed by atoms with E-state index in [1.807, 2.05) is 18.2 Å². The first kappa shape index (κ1) is 17.5. The second-order valence-corrected chi connectivity index (χ2v) is 7.10. The first-order valence-corrected chi connectivity index (χ1v) is 9.19. The highest BCUT2D eigenvalue weighted by molar-refractivity contribution is 6.00. The molecular weight excluding hydrogens is 347 g/mol. The van der Waals surface area contributed by atoms with Gasteiger partial charge in [-0.25, -0.2) is 4.39 Å². The molecule has 140 valence electrons. The topological polar surface area (TPSA) is 58.6 Å². The molecular formula is C21H21FN2O3. The molecule has 6 heteroatoms. The van der Waals surface area contributed by atoms with Gasteiger partial charge in [-0.05, 0) is 42.9 Å². The number of fused-ring (bicyclic) bond motifs is 1. The molecule has 1 N–H and O–H groups in total. The molecule has 27 heavy (non-hydrogen) atoms. The quantitative estimate of drug-likeness (QED) is 0.905. The van der Waals surface area contributed by atoms with Crippen molar-refractivity contribution >= 4 is 17.5 Å². The van der Waals surface area contributed by atoms with Gasteiger partial charge in [-0.3, -0.25) is 9.59 Å².